The quantitative estimate of drug-likeness (QED) is 0.113. The first-order valence-corrected chi connectivity index (χ1v) is 21.1. The van der Waals surface area contributed by atoms with E-state index in [0.717, 1.165) is 30.2 Å². The number of halogens is 2. The summed E-state index contributed by atoms with van der Waals surface area (Å²) in [4.78, 5) is 66.8. The molecule has 59 heavy (non-hydrogen) atoms. The molecule has 0 spiro atoms. The third-order valence-electron chi connectivity index (χ3n) is 12.2. The van der Waals surface area contributed by atoms with Crippen molar-refractivity contribution in [1.29, 1.82) is 0 Å². The Morgan fingerprint density at radius 2 is 1.47 bits per heavy atom. The molecule has 13 nitrogen and oxygen atoms in total. The first-order chi connectivity index (χ1) is 28.1. The van der Waals surface area contributed by atoms with Crippen molar-refractivity contribution in [3.8, 4) is 11.5 Å². The van der Waals surface area contributed by atoms with Crippen molar-refractivity contribution in [2.45, 2.75) is 129 Å². The zero-order chi connectivity index (χ0) is 42.8. The minimum Gasteiger partial charge on any atom is -0.352 e. The van der Waals surface area contributed by atoms with Crippen LogP contribution in [0.5, 0.6) is 0 Å². The number of nitrogens with one attached hydrogen (secondary N) is 5. The molecule has 6 atom stereocenters. The van der Waals surface area contributed by atoms with E-state index in [1.165, 1.54) is 24.3 Å². The minimum atomic E-state index is -0.774. The highest BCUT2D eigenvalue weighted by Gasteiger charge is 2.41. The van der Waals surface area contributed by atoms with E-state index >= 15 is 0 Å². The number of likely N-dealkylation sites (tertiary alicyclic amines) is 2. The number of carbonyl (C=O) groups is 4. The topological polar surface area (TPSA) is 156 Å². The molecule has 0 aliphatic carbocycles. The Balaban J connectivity index is 1.39. The fourth-order valence-electron chi connectivity index (χ4n) is 8.60. The molecular formula is C44H61F2N9O4. The Hall–Kier alpha value is -4.89. The molecule has 0 saturated carbocycles. The van der Waals surface area contributed by atoms with Gasteiger partial charge >= 0.3 is 0 Å². The third-order valence-corrected chi connectivity index (χ3v) is 12.2. The number of aromatic nitrogens is 3. The maximum Gasteiger partial charge on any atom is 0.246 e. The summed E-state index contributed by atoms with van der Waals surface area (Å²) in [5.74, 6) is -1.15. The lowest BCUT2D eigenvalue weighted by Gasteiger charge is -2.36. The zero-order valence-corrected chi connectivity index (χ0v) is 35.7. The molecular weight excluding hydrogens is 757 g/mol. The van der Waals surface area contributed by atoms with Crippen LogP contribution in [0.15, 0.2) is 36.4 Å². The van der Waals surface area contributed by atoms with Crippen molar-refractivity contribution in [3.05, 3.63) is 53.6 Å². The Kier molecular flexibility index (Phi) is 13.4. The van der Waals surface area contributed by atoms with Gasteiger partial charge in [-0.1, -0.05) is 34.1 Å². The van der Waals surface area contributed by atoms with Gasteiger partial charge in [0.05, 0.1) is 28.8 Å². The summed E-state index contributed by atoms with van der Waals surface area (Å²) in [6.45, 7) is 12.7. The summed E-state index contributed by atoms with van der Waals surface area (Å²) in [6, 6.07) is 6.19. The van der Waals surface area contributed by atoms with Gasteiger partial charge in [0.2, 0.25) is 23.6 Å². The van der Waals surface area contributed by atoms with Crippen molar-refractivity contribution >= 4 is 45.6 Å². The average Bonchev–Trinajstić information content (AvgIpc) is 4.01. The highest BCUT2D eigenvalue weighted by Crippen LogP contribution is 2.37. The lowest BCUT2D eigenvalue weighted by molar-refractivity contribution is -0.140. The molecule has 6 unspecified atom stereocenters. The molecule has 0 bridgehead atoms. The van der Waals surface area contributed by atoms with E-state index in [-0.39, 0.29) is 35.7 Å². The number of imidazole rings is 1. The van der Waals surface area contributed by atoms with E-state index in [0.29, 0.717) is 73.4 Å². The molecule has 2 aromatic carbocycles. The van der Waals surface area contributed by atoms with E-state index in [9.17, 15) is 28.0 Å². The number of likely N-dealkylation sites (N-methyl/N-ethyl adjacent to an activating group) is 2. The summed E-state index contributed by atoms with van der Waals surface area (Å²) in [6.07, 6.45) is 4.63. The molecule has 4 aromatic rings. The summed E-state index contributed by atoms with van der Waals surface area (Å²) in [5.41, 5.74) is 2.56. The smallest absolute Gasteiger partial charge is 0.246 e. The molecule has 5 N–H and O–H groups in total. The van der Waals surface area contributed by atoms with Crippen molar-refractivity contribution in [2.75, 3.05) is 27.2 Å². The third kappa shape index (κ3) is 9.30. The molecule has 2 saturated heterocycles. The summed E-state index contributed by atoms with van der Waals surface area (Å²) >= 11 is 0. The van der Waals surface area contributed by atoms with Crippen molar-refractivity contribution in [3.63, 3.8) is 0 Å². The van der Waals surface area contributed by atoms with E-state index in [4.69, 9.17) is 4.98 Å². The lowest BCUT2D eigenvalue weighted by Crippen LogP contribution is -2.58. The number of nitrogens with zero attached hydrogens (tertiary/aromatic N) is 4. The number of rotatable bonds is 15. The minimum absolute atomic E-state index is 0.127. The van der Waals surface area contributed by atoms with Crippen LogP contribution >= 0.6 is 0 Å². The number of amides is 4. The fraction of sp³-hybridized carbons (Fsp3) is 0.568. The highest BCUT2D eigenvalue weighted by atomic mass is 19.1. The number of fused-ring (bicyclic) bond motifs is 2. The Labute approximate surface area is 345 Å². The summed E-state index contributed by atoms with van der Waals surface area (Å²) < 4.78 is 31.7. The molecule has 4 heterocycles. The van der Waals surface area contributed by atoms with Crippen molar-refractivity contribution in [2.24, 2.45) is 5.41 Å². The van der Waals surface area contributed by atoms with Gasteiger partial charge in [0.25, 0.3) is 0 Å². The predicted octanol–water partition coefficient (Wildman–Crippen LogP) is 5.02. The number of hydrogen-bond acceptors (Lipinski definition) is 7. The SMILES string of the molecule is CCCC(NC(=O)C(C)NC)C(=O)N1CCCC1Cc1c(-c2nc3cc(F)ccc3n2CC2CCCN2C(=O)C(NC(=O)C(C)NC)C(C)(C)C)[nH]c2cc(F)ccc12. The van der Waals surface area contributed by atoms with E-state index in [2.05, 4.69) is 26.3 Å². The number of aromatic amines is 1. The second kappa shape index (κ2) is 18.2. The Morgan fingerprint density at radius 3 is 2.12 bits per heavy atom. The van der Waals surface area contributed by atoms with Crippen LogP contribution in [0.3, 0.4) is 0 Å². The van der Waals surface area contributed by atoms with Gasteiger partial charge in [-0.25, -0.2) is 13.8 Å². The maximum absolute atomic E-state index is 14.8. The standard InChI is InChI=1S/C44H61F2N9O4/c1-9-12-33(51-40(56)25(2)47-7)42(58)53-19-10-13-29(53)23-32-31-17-15-27(45)21-34(31)49-37(32)39-50-35-22-28(46)16-18-36(35)55(39)24-30-14-11-20-54(30)43(59)38(44(4,5)6)52-41(57)26(3)48-8/h15-18,21-22,25-26,29-30,33,38,47-49H,9-14,19-20,23-24H2,1-8H3,(H,51,56)(H,52,57). The molecule has 2 aliphatic rings. The second-order valence-electron chi connectivity index (χ2n) is 17.4. The van der Waals surface area contributed by atoms with Crippen molar-refractivity contribution < 1.29 is 28.0 Å². The van der Waals surface area contributed by atoms with Crippen LogP contribution in [0.2, 0.25) is 0 Å². The van der Waals surface area contributed by atoms with Gasteiger partial charge in [0.15, 0.2) is 5.82 Å². The van der Waals surface area contributed by atoms with Gasteiger partial charge in [-0.15, -0.1) is 0 Å². The molecule has 4 amide bonds. The number of H-pyrrole nitrogens is 1. The van der Waals surface area contributed by atoms with Gasteiger partial charge in [-0.3, -0.25) is 19.2 Å². The van der Waals surface area contributed by atoms with Gasteiger partial charge < -0.3 is 40.6 Å². The van der Waals surface area contributed by atoms with Crippen LogP contribution in [0.4, 0.5) is 8.78 Å². The Bertz CT molecular complexity index is 2180. The first kappa shape index (κ1) is 43.7. The van der Waals surface area contributed by atoms with Crippen LogP contribution in [0.25, 0.3) is 33.5 Å². The molecule has 2 aromatic heterocycles. The molecule has 6 rings (SSSR count). The largest absolute Gasteiger partial charge is 0.352 e. The fourth-order valence-corrected chi connectivity index (χ4v) is 8.60. The molecule has 0 radical (unpaired) electrons. The summed E-state index contributed by atoms with van der Waals surface area (Å²) in [7, 11) is 3.40. The molecule has 320 valence electrons. The van der Waals surface area contributed by atoms with Crippen LogP contribution in [-0.2, 0) is 32.1 Å². The normalized spacial score (nSPS) is 19.3. The van der Waals surface area contributed by atoms with Crippen LogP contribution in [-0.4, -0.2) is 111 Å². The zero-order valence-electron chi connectivity index (χ0n) is 35.7. The maximum atomic E-state index is 14.8. The average molecular weight is 818 g/mol. The van der Waals surface area contributed by atoms with Gasteiger partial charge in [-0.05, 0) is 108 Å². The van der Waals surface area contributed by atoms with Gasteiger partial charge in [0.1, 0.15) is 23.7 Å². The lowest BCUT2D eigenvalue weighted by atomic mass is 9.85. The Morgan fingerprint density at radius 1 is 0.864 bits per heavy atom. The monoisotopic (exact) mass is 817 g/mol. The number of benzene rings is 2. The highest BCUT2D eigenvalue weighted by molar-refractivity contribution is 5.93. The van der Waals surface area contributed by atoms with E-state index in [1.54, 1.807) is 40.1 Å². The number of hydrogen-bond donors (Lipinski definition) is 5. The van der Waals surface area contributed by atoms with E-state index in [1.807, 2.05) is 42.1 Å². The van der Waals surface area contributed by atoms with Gasteiger partial charge in [0, 0.05) is 48.7 Å². The van der Waals surface area contributed by atoms with E-state index < -0.39 is 41.2 Å². The first-order valence-electron chi connectivity index (χ1n) is 21.1. The molecule has 15 heteroatoms. The van der Waals surface area contributed by atoms with Crippen LogP contribution in [0, 0.1) is 17.0 Å². The predicted molar refractivity (Wildman–Crippen MR) is 225 cm³/mol. The molecule has 2 fully saturated rings. The number of carbonyl (C=O) groups excluding carboxylic acids is 4. The summed E-state index contributed by atoms with van der Waals surface area (Å²) in [5, 5.41) is 12.6. The van der Waals surface area contributed by atoms with Crippen LogP contribution < -0.4 is 21.3 Å². The second-order valence-corrected chi connectivity index (χ2v) is 17.4. The van der Waals surface area contributed by atoms with Gasteiger partial charge in [-0.2, -0.15) is 0 Å². The van der Waals surface area contributed by atoms with Crippen molar-refractivity contribution in [1.82, 2.24) is 45.6 Å². The molecule has 2 aliphatic heterocycles. The van der Waals surface area contributed by atoms with Crippen LogP contribution in [0.1, 0.15) is 85.6 Å².